The lowest BCUT2D eigenvalue weighted by molar-refractivity contribution is 0.275. The van der Waals surface area contributed by atoms with Crippen molar-refractivity contribution in [3.05, 3.63) is 29.8 Å². The quantitative estimate of drug-likeness (QED) is 0.727. The van der Waals surface area contributed by atoms with Crippen LogP contribution in [0.25, 0.3) is 0 Å². The highest BCUT2D eigenvalue weighted by Gasteiger charge is 2.21. The van der Waals surface area contributed by atoms with Gasteiger partial charge in [0.15, 0.2) is 0 Å². The van der Waals surface area contributed by atoms with Crippen LogP contribution in [0.2, 0.25) is 0 Å². The maximum Gasteiger partial charge on any atom is 0.400 e. The molecule has 0 N–H and O–H groups in total. The second-order valence-corrected chi connectivity index (χ2v) is 4.89. The summed E-state index contributed by atoms with van der Waals surface area (Å²) in [5.41, 5.74) is 0.980. The van der Waals surface area contributed by atoms with Crippen molar-refractivity contribution in [2.45, 2.75) is 11.8 Å². The van der Waals surface area contributed by atoms with Crippen molar-refractivity contribution < 1.29 is 17.3 Å². The Hall–Kier alpha value is -1.56. The first-order valence-corrected chi connectivity index (χ1v) is 6.17. The van der Waals surface area contributed by atoms with E-state index in [4.69, 9.17) is 8.92 Å². The normalized spacial score (nSPS) is 15.4. The van der Waals surface area contributed by atoms with Crippen molar-refractivity contribution in [1.29, 1.82) is 0 Å². The van der Waals surface area contributed by atoms with Crippen molar-refractivity contribution in [3.63, 3.8) is 0 Å². The lowest BCUT2D eigenvalue weighted by atomic mass is 10.2. The molecule has 1 aromatic rings. The molecule has 0 saturated heterocycles. The van der Waals surface area contributed by atoms with Crippen LogP contribution in [0.1, 0.15) is 5.56 Å². The predicted octanol–water partition coefficient (Wildman–Crippen LogP) is 1.09. The van der Waals surface area contributed by atoms with Crippen LogP contribution >= 0.6 is 0 Å². The second-order valence-electron chi connectivity index (χ2n) is 3.35. The number of aliphatic imine (C=N–C) groups is 1. The molecule has 6 heteroatoms. The molecule has 1 aromatic carbocycles. The first-order valence-electron chi connectivity index (χ1n) is 4.76. The molecule has 86 valence electrons. The van der Waals surface area contributed by atoms with Gasteiger partial charge in [-0.15, -0.1) is 0 Å². The SMILES string of the molecule is Cc1ccc(S(=O)(=O)OC2=NCCO2)cc1. The van der Waals surface area contributed by atoms with Gasteiger partial charge in [0.2, 0.25) is 0 Å². The van der Waals surface area contributed by atoms with Crippen molar-refractivity contribution in [2.24, 2.45) is 4.99 Å². The smallest absolute Gasteiger partial charge is 0.400 e. The average Bonchev–Trinajstić information content (AvgIpc) is 2.70. The third-order valence-corrected chi connectivity index (χ3v) is 3.26. The summed E-state index contributed by atoms with van der Waals surface area (Å²) in [7, 11) is -3.82. The van der Waals surface area contributed by atoms with Crippen LogP contribution in [-0.2, 0) is 19.0 Å². The molecule has 0 atom stereocenters. The summed E-state index contributed by atoms with van der Waals surface area (Å²) in [5.74, 6) is 0. The predicted molar refractivity (Wildman–Crippen MR) is 57.7 cm³/mol. The molecule has 1 aliphatic rings. The van der Waals surface area contributed by atoms with Gasteiger partial charge in [-0.3, -0.25) is 0 Å². The Bertz CT molecular complexity index is 504. The van der Waals surface area contributed by atoms with Crippen molar-refractivity contribution in [3.8, 4) is 0 Å². The molecule has 0 saturated carbocycles. The summed E-state index contributed by atoms with van der Waals surface area (Å²) in [6.07, 6.45) is -0.180. The van der Waals surface area contributed by atoms with E-state index in [2.05, 4.69) is 4.99 Å². The van der Waals surface area contributed by atoms with E-state index in [9.17, 15) is 8.42 Å². The molecule has 0 unspecified atom stereocenters. The topological polar surface area (TPSA) is 65.0 Å². The van der Waals surface area contributed by atoms with Crippen molar-refractivity contribution in [1.82, 2.24) is 0 Å². The maximum atomic E-state index is 11.7. The highest BCUT2D eigenvalue weighted by Crippen LogP contribution is 2.14. The highest BCUT2D eigenvalue weighted by atomic mass is 32.2. The molecule has 0 radical (unpaired) electrons. The van der Waals surface area contributed by atoms with E-state index in [1.165, 1.54) is 12.1 Å². The number of benzene rings is 1. The van der Waals surface area contributed by atoms with Crippen molar-refractivity contribution >= 4 is 16.2 Å². The summed E-state index contributed by atoms with van der Waals surface area (Å²) < 4.78 is 33.0. The molecular weight excluding hydrogens is 230 g/mol. The fourth-order valence-corrected chi connectivity index (χ4v) is 2.07. The van der Waals surface area contributed by atoms with Crippen LogP contribution in [-0.4, -0.2) is 27.7 Å². The molecule has 1 aliphatic heterocycles. The summed E-state index contributed by atoms with van der Waals surface area (Å²) in [5, 5.41) is 0. The average molecular weight is 241 g/mol. The Morgan fingerprint density at radius 3 is 2.56 bits per heavy atom. The van der Waals surface area contributed by atoms with E-state index in [1.807, 2.05) is 6.92 Å². The third-order valence-electron chi connectivity index (χ3n) is 2.05. The monoisotopic (exact) mass is 241 g/mol. The minimum absolute atomic E-state index is 0.0938. The minimum Gasteiger partial charge on any atom is -0.448 e. The Labute approximate surface area is 93.8 Å². The van der Waals surface area contributed by atoms with Crippen LogP contribution in [0.15, 0.2) is 34.2 Å². The van der Waals surface area contributed by atoms with E-state index in [-0.39, 0.29) is 11.0 Å². The van der Waals surface area contributed by atoms with E-state index in [1.54, 1.807) is 12.1 Å². The van der Waals surface area contributed by atoms with Gasteiger partial charge < -0.3 is 8.92 Å². The van der Waals surface area contributed by atoms with Crippen LogP contribution < -0.4 is 0 Å². The van der Waals surface area contributed by atoms with E-state index >= 15 is 0 Å². The number of aryl methyl sites for hydroxylation is 1. The van der Waals surface area contributed by atoms with Gasteiger partial charge in [-0.05, 0) is 19.1 Å². The van der Waals surface area contributed by atoms with Gasteiger partial charge in [0.05, 0.1) is 6.54 Å². The number of hydrogen-bond acceptors (Lipinski definition) is 5. The number of ether oxygens (including phenoxy) is 1. The molecule has 5 nitrogen and oxygen atoms in total. The second kappa shape index (κ2) is 4.13. The van der Waals surface area contributed by atoms with Gasteiger partial charge in [0.1, 0.15) is 11.5 Å². The van der Waals surface area contributed by atoms with E-state index < -0.39 is 10.1 Å². The molecule has 0 fully saturated rings. The minimum atomic E-state index is -3.82. The number of nitrogens with zero attached hydrogens (tertiary/aromatic N) is 1. The Balaban J connectivity index is 2.21. The third kappa shape index (κ3) is 2.33. The molecule has 0 amide bonds. The fraction of sp³-hybridized carbons (Fsp3) is 0.300. The lowest BCUT2D eigenvalue weighted by Crippen LogP contribution is -2.13. The van der Waals surface area contributed by atoms with Gasteiger partial charge >= 0.3 is 16.2 Å². The molecule has 0 aliphatic carbocycles. The van der Waals surface area contributed by atoms with E-state index in [0.717, 1.165) is 5.56 Å². The summed E-state index contributed by atoms with van der Waals surface area (Å²) in [6.45, 7) is 2.67. The Kier molecular flexibility index (Phi) is 2.82. The largest absolute Gasteiger partial charge is 0.448 e. The highest BCUT2D eigenvalue weighted by molar-refractivity contribution is 7.87. The van der Waals surface area contributed by atoms with Crippen LogP contribution in [0.4, 0.5) is 0 Å². The molecular formula is C10H11NO4S. The maximum absolute atomic E-state index is 11.7. The molecule has 2 rings (SSSR count). The molecule has 0 aromatic heterocycles. The lowest BCUT2D eigenvalue weighted by Gasteiger charge is -2.05. The zero-order chi connectivity index (χ0) is 11.6. The number of rotatable bonds is 2. The zero-order valence-corrected chi connectivity index (χ0v) is 9.53. The summed E-state index contributed by atoms with van der Waals surface area (Å²) in [4.78, 5) is 3.85. The molecule has 0 spiro atoms. The van der Waals surface area contributed by atoms with Gasteiger partial charge in [-0.1, -0.05) is 17.7 Å². The molecule has 1 heterocycles. The zero-order valence-electron chi connectivity index (χ0n) is 8.71. The van der Waals surface area contributed by atoms with Gasteiger partial charge in [-0.25, -0.2) is 4.99 Å². The van der Waals surface area contributed by atoms with E-state index in [0.29, 0.717) is 13.2 Å². The van der Waals surface area contributed by atoms with Gasteiger partial charge in [0, 0.05) is 0 Å². The first-order chi connectivity index (χ1) is 7.58. The first kappa shape index (κ1) is 10.9. The van der Waals surface area contributed by atoms with Crippen LogP contribution in [0, 0.1) is 6.92 Å². The fourth-order valence-electron chi connectivity index (χ4n) is 1.21. The van der Waals surface area contributed by atoms with Crippen molar-refractivity contribution in [2.75, 3.05) is 13.2 Å². The standard InChI is InChI=1S/C10H11NO4S/c1-8-2-4-9(5-3-8)16(12,13)15-10-11-6-7-14-10/h2-5H,6-7H2,1H3. The van der Waals surface area contributed by atoms with Gasteiger partial charge in [0.25, 0.3) is 0 Å². The number of hydrogen-bond donors (Lipinski definition) is 0. The molecule has 16 heavy (non-hydrogen) atoms. The van der Waals surface area contributed by atoms with Crippen LogP contribution in [0.5, 0.6) is 0 Å². The Morgan fingerprint density at radius 2 is 2.00 bits per heavy atom. The van der Waals surface area contributed by atoms with Gasteiger partial charge in [-0.2, -0.15) is 8.42 Å². The summed E-state index contributed by atoms with van der Waals surface area (Å²) in [6, 6.07) is 6.38. The van der Waals surface area contributed by atoms with Crippen LogP contribution in [0.3, 0.4) is 0 Å². The molecule has 0 bridgehead atoms. The Morgan fingerprint density at radius 1 is 1.31 bits per heavy atom. The summed E-state index contributed by atoms with van der Waals surface area (Å²) >= 11 is 0.